The van der Waals surface area contributed by atoms with Gasteiger partial charge in [-0.3, -0.25) is 0 Å². The Morgan fingerprint density at radius 3 is 1.77 bits per heavy atom. The molecule has 4 rings (SSSR count). The molecular formula is C22H24N4S4. The maximum atomic E-state index is 4.49. The third-order valence-corrected chi connectivity index (χ3v) is 7.47. The monoisotopic (exact) mass is 472 g/mol. The summed E-state index contributed by atoms with van der Waals surface area (Å²) in [5.74, 6) is 2.80. The van der Waals surface area contributed by atoms with Crippen LogP contribution in [0.15, 0.2) is 69.3 Å². The molecule has 0 spiro atoms. The van der Waals surface area contributed by atoms with Gasteiger partial charge < -0.3 is 0 Å². The molecule has 0 aliphatic carbocycles. The van der Waals surface area contributed by atoms with Gasteiger partial charge in [0.1, 0.15) is 0 Å². The van der Waals surface area contributed by atoms with Gasteiger partial charge in [0.25, 0.3) is 0 Å². The Bertz CT molecular complexity index is 1000. The van der Waals surface area contributed by atoms with Crippen molar-refractivity contribution in [2.24, 2.45) is 0 Å². The van der Waals surface area contributed by atoms with Gasteiger partial charge in [-0.15, -0.1) is 0 Å². The first-order valence-electron chi connectivity index (χ1n) is 9.73. The molecule has 0 aliphatic rings. The number of benzene rings is 2. The largest absolute Gasteiger partial charge is 0.208 e. The van der Waals surface area contributed by atoms with Crippen LogP contribution in [-0.2, 0) is 0 Å². The molecule has 30 heavy (non-hydrogen) atoms. The number of hydrogen-bond donors (Lipinski definition) is 0. The van der Waals surface area contributed by atoms with Gasteiger partial charge in [0.15, 0.2) is 20.3 Å². The first-order chi connectivity index (χ1) is 14.7. The normalized spacial score (nSPS) is 10.7. The van der Waals surface area contributed by atoms with E-state index in [4.69, 9.17) is 0 Å². The molecule has 0 saturated heterocycles. The van der Waals surface area contributed by atoms with Gasteiger partial charge in [0.2, 0.25) is 0 Å². The van der Waals surface area contributed by atoms with Gasteiger partial charge in [-0.05, 0) is 29.5 Å². The summed E-state index contributed by atoms with van der Waals surface area (Å²) in [6.07, 6.45) is 1.17. The molecule has 0 unspecified atom stereocenters. The van der Waals surface area contributed by atoms with Crippen LogP contribution in [0.25, 0.3) is 22.8 Å². The van der Waals surface area contributed by atoms with Crippen LogP contribution in [0.1, 0.15) is 27.2 Å². The lowest BCUT2D eigenvalue weighted by Crippen LogP contribution is -1.85. The van der Waals surface area contributed by atoms with Crippen LogP contribution in [0.5, 0.6) is 0 Å². The molecule has 4 aromatic rings. The Balaban J connectivity index is 0.000000171. The maximum absolute atomic E-state index is 4.49. The van der Waals surface area contributed by atoms with Crippen LogP contribution in [0, 0.1) is 0 Å². The minimum Gasteiger partial charge on any atom is -0.208 e. The summed E-state index contributed by atoms with van der Waals surface area (Å²) < 4.78 is 10.8. The first kappa shape index (κ1) is 22.9. The lowest BCUT2D eigenvalue weighted by Gasteiger charge is -1.97. The van der Waals surface area contributed by atoms with Gasteiger partial charge in [-0.25, -0.2) is 9.97 Å². The second-order valence-electron chi connectivity index (χ2n) is 6.51. The minimum atomic E-state index is 0.557. The molecule has 2 aromatic heterocycles. The van der Waals surface area contributed by atoms with Gasteiger partial charge in [-0.2, -0.15) is 8.75 Å². The maximum Gasteiger partial charge on any atom is 0.174 e. The summed E-state index contributed by atoms with van der Waals surface area (Å²) in [7, 11) is 0. The predicted molar refractivity (Wildman–Crippen MR) is 133 cm³/mol. The van der Waals surface area contributed by atoms with Gasteiger partial charge in [0.05, 0.1) is 0 Å². The predicted octanol–water partition coefficient (Wildman–Crippen LogP) is 7.41. The van der Waals surface area contributed by atoms with Crippen LogP contribution in [0.3, 0.4) is 0 Å². The van der Waals surface area contributed by atoms with E-state index in [1.807, 2.05) is 60.7 Å². The smallest absolute Gasteiger partial charge is 0.174 e. The number of hydrogen-bond acceptors (Lipinski definition) is 8. The van der Waals surface area contributed by atoms with Crippen molar-refractivity contribution in [1.82, 2.24) is 18.7 Å². The summed E-state index contributed by atoms with van der Waals surface area (Å²) in [5.41, 5.74) is 2.18. The highest BCUT2D eigenvalue weighted by Gasteiger charge is 2.08. The summed E-state index contributed by atoms with van der Waals surface area (Å²) in [6.45, 7) is 6.49. The van der Waals surface area contributed by atoms with Crippen molar-refractivity contribution in [2.45, 2.75) is 41.1 Å². The van der Waals surface area contributed by atoms with Crippen molar-refractivity contribution >= 4 is 46.6 Å². The Morgan fingerprint density at radius 2 is 1.27 bits per heavy atom. The van der Waals surface area contributed by atoms with E-state index in [9.17, 15) is 0 Å². The molecule has 8 heteroatoms. The van der Waals surface area contributed by atoms with Crippen molar-refractivity contribution in [3.8, 4) is 22.8 Å². The van der Waals surface area contributed by atoms with E-state index in [-0.39, 0.29) is 0 Å². The molecule has 0 atom stereocenters. The summed E-state index contributed by atoms with van der Waals surface area (Å²) >= 11 is 6.50. The van der Waals surface area contributed by atoms with E-state index in [1.54, 1.807) is 23.5 Å². The summed E-state index contributed by atoms with van der Waals surface area (Å²) in [6, 6.07) is 20.2. The Morgan fingerprint density at radius 1 is 0.767 bits per heavy atom. The van der Waals surface area contributed by atoms with Crippen molar-refractivity contribution in [1.29, 1.82) is 0 Å². The fourth-order valence-electron chi connectivity index (χ4n) is 2.33. The van der Waals surface area contributed by atoms with E-state index in [2.05, 4.69) is 39.5 Å². The average Bonchev–Trinajstić information content (AvgIpc) is 3.43. The highest BCUT2D eigenvalue weighted by atomic mass is 32.2. The third-order valence-electron chi connectivity index (χ3n) is 3.64. The Kier molecular flexibility index (Phi) is 9.32. The van der Waals surface area contributed by atoms with E-state index in [0.29, 0.717) is 5.25 Å². The third kappa shape index (κ3) is 7.19. The van der Waals surface area contributed by atoms with E-state index >= 15 is 0 Å². The van der Waals surface area contributed by atoms with E-state index in [0.717, 1.165) is 37.2 Å². The van der Waals surface area contributed by atoms with Gasteiger partial charge in [-0.1, -0.05) is 105 Å². The number of rotatable bonds is 7. The molecule has 0 saturated carbocycles. The molecule has 0 N–H and O–H groups in total. The lowest BCUT2D eigenvalue weighted by molar-refractivity contribution is 1.10. The highest BCUT2D eigenvalue weighted by molar-refractivity contribution is 8.01. The quantitative estimate of drug-likeness (QED) is 0.261. The van der Waals surface area contributed by atoms with Crippen LogP contribution < -0.4 is 0 Å². The minimum absolute atomic E-state index is 0.557. The van der Waals surface area contributed by atoms with Crippen LogP contribution >= 0.6 is 46.6 Å². The van der Waals surface area contributed by atoms with E-state index in [1.165, 1.54) is 29.5 Å². The standard InChI is InChI=1S/2C11H12N2S2/c1-8(2)14-11-12-10(13-15-11)9-6-4-3-5-7-9;1-2-8-14-11-12-10(13-15-11)9-6-4-3-5-7-9/h3-8H,1-2H3;3-7H,2,8H2,1H3. The van der Waals surface area contributed by atoms with Crippen molar-refractivity contribution in [2.75, 3.05) is 5.75 Å². The topological polar surface area (TPSA) is 51.6 Å². The average molecular weight is 473 g/mol. The molecule has 0 bridgehead atoms. The fourth-order valence-corrected chi connectivity index (χ4v) is 5.71. The van der Waals surface area contributed by atoms with Crippen molar-refractivity contribution in [3.63, 3.8) is 0 Å². The Hall–Kier alpha value is -1.74. The number of thioether (sulfide) groups is 2. The first-order valence-corrected chi connectivity index (χ1v) is 13.1. The molecule has 0 aliphatic heterocycles. The van der Waals surface area contributed by atoms with Crippen LogP contribution in [-0.4, -0.2) is 29.7 Å². The number of nitrogens with zero attached hydrogens (tertiary/aromatic N) is 4. The van der Waals surface area contributed by atoms with Gasteiger partial charge >= 0.3 is 0 Å². The molecule has 0 radical (unpaired) electrons. The Labute approximate surface area is 194 Å². The van der Waals surface area contributed by atoms with Crippen molar-refractivity contribution in [3.05, 3.63) is 60.7 Å². The second kappa shape index (κ2) is 12.2. The molecule has 0 amide bonds. The zero-order valence-electron chi connectivity index (χ0n) is 17.2. The molecule has 4 nitrogen and oxygen atoms in total. The highest BCUT2D eigenvalue weighted by Crippen LogP contribution is 2.28. The zero-order chi connectivity index (χ0) is 21.2. The second-order valence-corrected chi connectivity index (χ2v) is 11.2. The molecule has 2 aromatic carbocycles. The van der Waals surface area contributed by atoms with Gasteiger partial charge in [0, 0.05) is 22.1 Å². The molecular weight excluding hydrogens is 449 g/mol. The fraction of sp³-hybridized carbons (Fsp3) is 0.273. The summed E-state index contributed by atoms with van der Waals surface area (Å²) in [4.78, 5) is 8.98. The summed E-state index contributed by atoms with van der Waals surface area (Å²) in [5, 5.41) is 0.557. The number of aromatic nitrogens is 4. The van der Waals surface area contributed by atoms with Crippen LogP contribution in [0.4, 0.5) is 0 Å². The molecule has 156 valence electrons. The SMILES string of the molecule is CC(C)Sc1nc(-c2ccccc2)ns1.CCCSc1nc(-c2ccccc2)ns1. The zero-order valence-corrected chi connectivity index (χ0v) is 20.5. The molecule has 2 heterocycles. The molecule has 0 fully saturated rings. The van der Waals surface area contributed by atoms with Crippen LogP contribution in [0.2, 0.25) is 0 Å². The van der Waals surface area contributed by atoms with E-state index < -0.39 is 0 Å². The lowest BCUT2D eigenvalue weighted by atomic mass is 10.2. The van der Waals surface area contributed by atoms with Crippen molar-refractivity contribution < 1.29 is 0 Å².